The number of aromatic carboxylic acids is 1. The van der Waals surface area contributed by atoms with Crippen LogP contribution < -0.4 is 35.5 Å². The van der Waals surface area contributed by atoms with Gasteiger partial charge in [0.05, 0.1) is 71.6 Å². The maximum atomic E-state index is 13.7. The Labute approximate surface area is 853 Å². The summed E-state index contributed by atoms with van der Waals surface area (Å²) in [6, 6.07) is 3.09. The highest BCUT2D eigenvalue weighted by molar-refractivity contribution is 5.91. The molecule has 2 aromatic carbocycles. The average molecular weight is 2170 g/mol. The molecule has 9 saturated heterocycles. The van der Waals surface area contributed by atoms with Crippen molar-refractivity contribution in [2.45, 2.75) is 342 Å². The Morgan fingerprint density at radius 1 is 0.273 bits per heavy atom. The van der Waals surface area contributed by atoms with E-state index in [9.17, 15) is 177 Å². The summed E-state index contributed by atoms with van der Waals surface area (Å²) in [7, 11) is 0. The van der Waals surface area contributed by atoms with Gasteiger partial charge in [-0.15, -0.1) is 0 Å². The van der Waals surface area contributed by atoms with Gasteiger partial charge in [-0.3, -0.25) is 28.8 Å². The highest BCUT2D eigenvalue weighted by atomic mass is 16.8. The fourth-order valence-electron chi connectivity index (χ4n) is 18.0. The molecule has 11 rings (SSSR count). The fraction of sp³-hybridized carbons (Fsp3) is 0.789. The lowest BCUT2D eigenvalue weighted by Gasteiger charge is -2.48. The quantitative estimate of drug-likeness (QED) is 0.0274. The molecule has 150 heavy (non-hydrogen) atoms. The molecule has 18 unspecified atom stereocenters. The zero-order valence-electron chi connectivity index (χ0n) is 81.2. The van der Waals surface area contributed by atoms with Gasteiger partial charge >= 0.3 is 5.97 Å². The second kappa shape index (κ2) is 57.6. The predicted molar refractivity (Wildman–Crippen MR) is 480 cm³/mol. The van der Waals surface area contributed by atoms with Crippen LogP contribution in [0.5, 0.6) is 17.2 Å². The van der Waals surface area contributed by atoms with Crippen LogP contribution in [-0.4, -0.2) is 566 Å². The zero-order chi connectivity index (χ0) is 110. The maximum absolute atomic E-state index is 13.7. The van der Waals surface area contributed by atoms with E-state index in [1.165, 1.54) is 30.3 Å². The molecular formula is C90H138N4O56. The molecule has 9 aliphatic heterocycles. The molecule has 0 saturated carbocycles. The zero-order valence-corrected chi connectivity index (χ0v) is 81.2. The van der Waals surface area contributed by atoms with Gasteiger partial charge in [-0.2, -0.15) is 0 Å². The molecule has 9 heterocycles. The van der Waals surface area contributed by atoms with Crippen LogP contribution in [0.1, 0.15) is 76.1 Å². The third-order valence-corrected chi connectivity index (χ3v) is 26.2. The van der Waals surface area contributed by atoms with Crippen molar-refractivity contribution in [1.29, 1.82) is 0 Å². The van der Waals surface area contributed by atoms with E-state index in [2.05, 4.69) is 21.3 Å². The number of carboxylic acids is 1. The van der Waals surface area contributed by atoms with Crippen molar-refractivity contribution >= 4 is 41.2 Å². The molecule has 60 nitrogen and oxygen atoms in total. The first kappa shape index (κ1) is 123. The molecule has 0 radical (unpaired) electrons. The number of aliphatic hydroxyl groups excluding tert-OH is 27. The molecule has 4 amide bonds. The molecule has 60 heteroatoms. The van der Waals surface area contributed by atoms with E-state index in [0.29, 0.717) is 0 Å². The summed E-state index contributed by atoms with van der Waals surface area (Å²) in [5.41, 5.74) is -0.210. The lowest BCUT2D eigenvalue weighted by Crippen LogP contribution is -2.68. The van der Waals surface area contributed by atoms with Crippen molar-refractivity contribution < 1.29 is 276 Å². The highest BCUT2D eigenvalue weighted by Gasteiger charge is 2.60. The Morgan fingerprint density at radius 2 is 0.533 bits per heavy atom. The molecule has 0 bridgehead atoms. The minimum Gasteiger partial charge on any atom is -0.486 e. The maximum Gasteiger partial charge on any atom is 0.335 e. The van der Waals surface area contributed by atoms with Gasteiger partial charge in [-0.05, 0) is 73.6 Å². The summed E-state index contributed by atoms with van der Waals surface area (Å²) in [6.45, 7) is -8.05. The van der Waals surface area contributed by atoms with Crippen LogP contribution in [0.2, 0.25) is 0 Å². The van der Waals surface area contributed by atoms with Gasteiger partial charge in [-0.1, -0.05) is 0 Å². The number of carboxylic acid groups (broad SMARTS) is 1. The lowest BCUT2D eigenvalue weighted by molar-refractivity contribution is -0.376. The normalized spacial score (nSPS) is 39.4. The molecule has 45 atom stereocenters. The molecule has 32 N–H and O–H groups in total. The molecule has 0 aromatic heterocycles. The smallest absolute Gasteiger partial charge is 0.335 e. The van der Waals surface area contributed by atoms with Gasteiger partial charge in [0.25, 0.3) is 5.91 Å². The van der Waals surface area contributed by atoms with Crippen molar-refractivity contribution in [1.82, 2.24) is 21.3 Å². The molecule has 9 aliphatic rings. The first-order chi connectivity index (χ1) is 71.4. The first-order valence-electron chi connectivity index (χ1n) is 48.4. The second-order valence-electron chi connectivity index (χ2n) is 37.1. The van der Waals surface area contributed by atoms with Crippen LogP contribution in [0.15, 0.2) is 36.4 Å². The third-order valence-electron chi connectivity index (χ3n) is 26.2. The highest BCUT2D eigenvalue weighted by Crippen LogP contribution is 2.41. The van der Waals surface area contributed by atoms with E-state index in [0.717, 1.165) is 26.8 Å². The summed E-state index contributed by atoms with van der Waals surface area (Å²) in [5, 5.41) is 309. The Hall–Kier alpha value is -7.27. The summed E-state index contributed by atoms with van der Waals surface area (Å²) in [6.07, 6.45) is -76.4. The molecule has 9 fully saturated rings. The summed E-state index contributed by atoms with van der Waals surface area (Å²) >= 11 is 0. The number of nitrogens with one attached hydrogen (secondary N) is 4. The number of amides is 4. The van der Waals surface area contributed by atoms with Gasteiger partial charge in [0, 0.05) is 59.4 Å². The monoisotopic (exact) mass is 2170 g/mol. The molecule has 0 aliphatic carbocycles. The van der Waals surface area contributed by atoms with Crippen molar-refractivity contribution in [3.63, 3.8) is 0 Å². The molecule has 2 aromatic rings. The van der Waals surface area contributed by atoms with Crippen LogP contribution in [-0.2, 0) is 114 Å². The van der Waals surface area contributed by atoms with E-state index in [1.807, 2.05) is 0 Å². The number of rotatable bonds is 52. The van der Waals surface area contributed by atoms with E-state index in [1.54, 1.807) is 0 Å². The molecule has 0 spiro atoms. The number of hydrogen-bond donors (Lipinski definition) is 32. The summed E-state index contributed by atoms with van der Waals surface area (Å²) < 4.78 is 121. The van der Waals surface area contributed by atoms with Gasteiger partial charge in [-0.25, -0.2) is 4.79 Å². The standard InChI is InChI=1S/C90H138N4O56/c1-33(104)92-54-63(116)75(145-88-72(125)78(60(113)47(24-98)139-88)148-85-69(122)66(119)57(110)44(21-95)136-85)50(27-101)142-82(54)130-12-6-4-9-39(107)30-133-41-16-36(15-38(19-41)81(128)129)37-17-42(134-31-40(108)10-5-7-13-131-83-55(93-34(2)105)64(117)76(51(28-102)143-83)146-89-73(126)79(61(114)48(25-99)140-89)149-86-70(123)67(120)58(111)45(22-96)137-86)20-43(18-37)135-32-53(109)91-11-8-14-132-84-56(94-35(3)106)65(118)77(52(29-103)144-84)147-90-74(127)80(62(115)49(26-100)141-90)150-87-71(124)68(121)59(112)46(23-97)138-87/h15-20,44-52,54-80,82-90,95-103,110-127H,4-14,21-32H2,1-3H3,(H,91,109)(H,92,104)(H,93,105)(H,94,106)(H,128,129)/t44?,45?,46?,47?,48?,49?,50?,51?,52?,54?,55?,56?,57-,58-,59-,60-,61-,62-,63+,64+,65+,66-,67-,68-,69?,70?,71?,72?,73?,74?,75+,76+,77+,78-,79-,80-,82+,83+,84+,85+,86+,87+,88-,89-,90-/m0/s1. The minimum absolute atomic E-state index is 0.0325. The van der Waals surface area contributed by atoms with Gasteiger partial charge in [0.2, 0.25) is 17.7 Å². The number of carbonyl (C=O) groups is 7. The largest absolute Gasteiger partial charge is 0.486 e. The van der Waals surface area contributed by atoms with Crippen LogP contribution >= 0.6 is 0 Å². The van der Waals surface area contributed by atoms with Crippen LogP contribution in [0.3, 0.4) is 0 Å². The summed E-state index contributed by atoms with van der Waals surface area (Å²) in [5.74, 6) is -5.94. The van der Waals surface area contributed by atoms with E-state index in [4.69, 9.17) is 99.5 Å². The SMILES string of the molecule is CC(=O)NC1[C@H](OCCCCC(=O)COc2cc(OCC(=O)NCCCO[C@@H]3OC(CO)[C@@H](O[C@@H]4OC(CO)[C@H](O)[C@H](O[C@H]5OC(CO)[C@H](O)[C@H](O)C5O)C4O)[C@H](O)C3NC(C)=O)cc(-c3cc(OCC(=O)CCCCO[C@@H]4OC(CO)[C@@H](O[C@@H]5OC(CO)[C@H](O)[C@H](O[C@H]6OC(CO)[C@H](O)[C@H](O)C6O)C5O)[C@H](O)C4NC(C)=O)cc(C(=O)O)c3)c2)OC(CO)[C@@H](O[C@@H]2OC(CO)[C@H](O)[C@H](O[C@H]3OC(CO)[C@H](O)[C@H](O)C3O)C2O)[C@@H]1O. The number of ketones is 2. The van der Waals surface area contributed by atoms with Gasteiger partial charge in [0.15, 0.2) is 74.8 Å². The van der Waals surface area contributed by atoms with E-state index >= 15 is 0 Å². The molecular weight excluding hydrogens is 2030 g/mol. The fourth-order valence-corrected chi connectivity index (χ4v) is 18.0. The Kier molecular flexibility index (Phi) is 47.2. The van der Waals surface area contributed by atoms with Crippen molar-refractivity contribution in [2.75, 3.05) is 106 Å². The van der Waals surface area contributed by atoms with Crippen LogP contribution in [0.25, 0.3) is 11.1 Å². The van der Waals surface area contributed by atoms with Crippen LogP contribution in [0, 0.1) is 0 Å². The topological polar surface area (TPSA) is 928 Å². The van der Waals surface area contributed by atoms with Crippen molar-refractivity contribution in [3.8, 4) is 28.4 Å². The first-order valence-corrected chi connectivity index (χ1v) is 48.4. The van der Waals surface area contributed by atoms with E-state index < -0.39 is 397 Å². The number of carbonyl (C=O) groups excluding carboxylic acids is 6. The summed E-state index contributed by atoms with van der Waals surface area (Å²) in [4.78, 5) is 91.7. The predicted octanol–water partition coefficient (Wildman–Crippen LogP) is -17.0. The number of benzene rings is 2. The number of unbranched alkanes of at least 4 members (excludes halogenated alkanes) is 2. The lowest BCUT2D eigenvalue weighted by atomic mass is 9.95. The number of hydrogen-bond acceptors (Lipinski definition) is 55. The molecule has 854 valence electrons. The minimum atomic E-state index is -2.10. The van der Waals surface area contributed by atoms with Crippen molar-refractivity contribution in [2.24, 2.45) is 0 Å². The third kappa shape index (κ3) is 31.0. The Balaban J connectivity index is 0.716. The Bertz CT molecular complexity index is 4380. The average Bonchev–Trinajstić information content (AvgIpc) is 0.772. The Morgan fingerprint density at radius 3 is 0.827 bits per heavy atom. The number of Topliss-reactive ketones (excluding diaryl/α,β-unsaturated/α-hetero) is 2. The van der Waals surface area contributed by atoms with Crippen LogP contribution in [0.4, 0.5) is 0 Å². The second-order valence-corrected chi connectivity index (χ2v) is 37.1. The van der Waals surface area contributed by atoms with Crippen molar-refractivity contribution in [3.05, 3.63) is 42.0 Å². The van der Waals surface area contributed by atoms with Gasteiger partial charge < -0.3 is 264 Å². The number of aliphatic hydroxyl groups is 27. The van der Waals surface area contributed by atoms with Gasteiger partial charge in [0.1, 0.15) is 250 Å². The van der Waals surface area contributed by atoms with E-state index in [-0.39, 0.29) is 105 Å². The number of ether oxygens (including phenoxy) is 21.